The first-order valence-corrected chi connectivity index (χ1v) is 10.3. The van der Waals surface area contributed by atoms with Gasteiger partial charge < -0.3 is 21.7 Å². The van der Waals surface area contributed by atoms with Crippen LogP contribution in [0.2, 0.25) is 5.02 Å². The number of anilines is 2. The van der Waals surface area contributed by atoms with Crippen LogP contribution in [-0.2, 0) is 4.79 Å². The number of hydrogen-bond acceptors (Lipinski definition) is 4. The second kappa shape index (κ2) is 10.1. The molecule has 1 aliphatic rings. The molecular formula is C22H25ClN4O3. The molecule has 3 rings (SSSR count). The topological polar surface area (TPSA) is 113 Å². The molecule has 0 aliphatic heterocycles. The lowest BCUT2D eigenvalue weighted by Gasteiger charge is -2.23. The Balaban J connectivity index is 1.58. The van der Waals surface area contributed by atoms with Gasteiger partial charge in [-0.15, -0.1) is 0 Å². The summed E-state index contributed by atoms with van der Waals surface area (Å²) < 4.78 is 0. The highest BCUT2D eigenvalue weighted by Crippen LogP contribution is 2.23. The average molecular weight is 429 g/mol. The second-order valence-corrected chi connectivity index (χ2v) is 7.76. The second-order valence-electron chi connectivity index (χ2n) is 7.35. The smallest absolute Gasteiger partial charge is 0.253 e. The van der Waals surface area contributed by atoms with Gasteiger partial charge >= 0.3 is 0 Å². The number of carbonyl (C=O) groups excluding carboxylic acids is 3. The van der Waals surface area contributed by atoms with Crippen LogP contribution in [0.5, 0.6) is 0 Å². The van der Waals surface area contributed by atoms with E-state index in [4.69, 9.17) is 17.3 Å². The third-order valence-electron chi connectivity index (χ3n) is 5.04. The third-order valence-corrected chi connectivity index (χ3v) is 5.36. The highest BCUT2D eigenvalue weighted by Gasteiger charge is 2.19. The number of nitrogens with one attached hydrogen (secondary N) is 3. The van der Waals surface area contributed by atoms with Crippen LogP contribution in [0.3, 0.4) is 0 Å². The van der Waals surface area contributed by atoms with Gasteiger partial charge in [-0.2, -0.15) is 0 Å². The van der Waals surface area contributed by atoms with Crippen molar-refractivity contribution < 1.29 is 14.4 Å². The molecule has 8 heteroatoms. The van der Waals surface area contributed by atoms with Gasteiger partial charge in [0, 0.05) is 23.0 Å². The maximum atomic E-state index is 12.6. The first-order valence-electron chi connectivity index (χ1n) is 9.96. The predicted octanol–water partition coefficient (Wildman–Crippen LogP) is 3.55. The summed E-state index contributed by atoms with van der Waals surface area (Å²) in [6, 6.07) is 11.6. The highest BCUT2D eigenvalue weighted by molar-refractivity contribution is 6.34. The van der Waals surface area contributed by atoms with Crippen LogP contribution in [0.25, 0.3) is 0 Å². The average Bonchev–Trinajstić information content (AvgIpc) is 2.74. The largest absolute Gasteiger partial charge is 0.376 e. The van der Waals surface area contributed by atoms with Gasteiger partial charge in [0.1, 0.15) is 0 Å². The van der Waals surface area contributed by atoms with E-state index in [2.05, 4.69) is 16.0 Å². The molecule has 5 N–H and O–H groups in total. The lowest BCUT2D eigenvalue weighted by molar-refractivity contribution is -0.114. The quantitative estimate of drug-likeness (QED) is 0.540. The lowest BCUT2D eigenvalue weighted by Crippen LogP contribution is -2.36. The van der Waals surface area contributed by atoms with E-state index in [0.717, 1.165) is 25.7 Å². The fourth-order valence-corrected chi connectivity index (χ4v) is 3.66. The molecule has 0 bridgehead atoms. The van der Waals surface area contributed by atoms with Gasteiger partial charge in [-0.1, -0.05) is 36.9 Å². The molecule has 0 saturated heterocycles. The minimum Gasteiger partial charge on any atom is -0.376 e. The van der Waals surface area contributed by atoms with E-state index in [1.54, 1.807) is 42.5 Å². The van der Waals surface area contributed by atoms with Crippen LogP contribution in [0.4, 0.5) is 11.4 Å². The summed E-state index contributed by atoms with van der Waals surface area (Å²) in [6.07, 6.45) is 5.38. The Morgan fingerprint density at radius 1 is 1.00 bits per heavy atom. The van der Waals surface area contributed by atoms with Crippen LogP contribution in [0.1, 0.15) is 52.8 Å². The van der Waals surface area contributed by atoms with Gasteiger partial charge in [-0.25, -0.2) is 0 Å². The predicted molar refractivity (Wildman–Crippen MR) is 118 cm³/mol. The summed E-state index contributed by atoms with van der Waals surface area (Å²) in [4.78, 5) is 36.1. The van der Waals surface area contributed by atoms with E-state index in [0.29, 0.717) is 27.5 Å². The third kappa shape index (κ3) is 5.97. The number of carbonyl (C=O) groups is 3. The minimum absolute atomic E-state index is 0.0194. The van der Waals surface area contributed by atoms with Crippen molar-refractivity contribution >= 4 is 40.7 Å². The number of halogens is 1. The molecule has 0 radical (unpaired) electrons. The normalized spacial score (nSPS) is 14.0. The number of primary amides is 1. The summed E-state index contributed by atoms with van der Waals surface area (Å²) in [5.74, 6) is -1.08. The van der Waals surface area contributed by atoms with Gasteiger partial charge in [0.25, 0.3) is 5.91 Å². The molecule has 30 heavy (non-hydrogen) atoms. The van der Waals surface area contributed by atoms with E-state index in [9.17, 15) is 14.4 Å². The molecule has 3 amide bonds. The number of amides is 3. The van der Waals surface area contributed by atoms with Gasteiger partial charge in [0.05, 0.1) is 17.1 Å². The fraction of sp³-hybridized carbons (Fsp3) is 0.318. The molecule has 0 unspecified atom stereocenters. The van der Waals surface area contributed by atoms with E-state index in [1.165, 1.54) is 6.42 Å². The molecule has 1 aliphatic carbocycles. The number of hydrogen-bond donors (Lipinski definition) is 4. The Labute approximate surface area is 180 Å². The Morgan fingerprint density at radius 3 is 2.50 bits per heavy atom. The highest BCUT2D eigenvalue weighted by atomic mass is 35.5. The first-order chi connectivity index (χ1) is 14.4. The molecule has 2 aromatic carbocycles. The Bertz CT molecular complexity index is 942. The van der Waals surface area contributed by atoms with Crippen molar-refractivity contribution in [1.82, 2.24) is 5.32 Å². The molecule has 0 heterocycles. The molecule has 7 nitrogen and oxygen atoms in total. The SMILES string of the molecule is NC(=O)c1cccc(NCC(=O)Nc2ccc(Cl)c(C(=O)NC3CCCCC3)c2)c1. The Kier molecular flexibility index (Phi) is 7.30. The van der Waals surface area contributed by atoms with Crippen molar-refractivity contribution in [2.45, 2.75) is 38.1 Å². The van der Waals surface area contributed by atoms with Crippen LogP contribution in [0.15, 0.2) is 42.5 Å². The zero-order chi connectivity index (χ0) is 21.5. The monoisotopic (exact) mass is 428 g/mol. The van der Waals surface area contributed by atoms with Crippen molar-refractivity contribution in [3.63, 3.8) is 0 Å². The van der Waals surface area contributed by atoms with E-state index < -0.39 is 5.91 Å². The zero-order valence-corrected chi connectivity index (χ0v) is 17.3. The van der Waals surface area contributed by atoms with Crippen LogP contribution in [-0.4, -0.2) is 30.3 Å². The molecule has 2 aromatic rings. The zero-order valence-electron chi connectivity index (χ0n) is 16.5. The standard InChI is InChI=1S/C22H25ClN4O3/c23-19-10-9-17(12-18(19)22(30)27-15-6-2-1-3-7-15)26-20(28)13-25-16-8-4-5-14(11-16)21(24)29/h4-5,8-12,15,25H,1-3,6-7,13H2,(H2,24,29)(H,26,28)(H,27,30). The van der Waals surface area contributed by atoms with Crippen LogP contribution in [0, 0.1) is 0 Å². The lowest BCUT2D eigenvalue weighted by atomic mass is 9.95. The van der Waals surface area contributed by atoms with Crippen LogP contribution >= 0.6 is 11.6 Å². The number of rotatable bonds is 7. The maximum absolute atomic E-state index is 12.6. The first kappa shape index (κ1) is 21.6. The summed E-state index contributed by atoms with van der Waals surface area (Å²) in [5.41, 5.74) is 7.03. The van der Waals surface area contributed by atoms with Crippen molar-refractivity contribution in [3.05, 3.63) is 58.6 Å². The van der Waals surface area contributed by atoms with Gasteiger partial charge in [-0.05, 0) is 49.2 Å². The van der Waals surface area contributed by atoms with E-state index in [1.807, 2.05) is 0 Å². The van der Waals surface area contributed by atoms with Gasteiger partial charge in [0.15, 0.2) is 0 Å². The number of nitrogens with two attached hydrogens (primary N) is 1. The molecule has 0 atom stereocenters. The summed E-state index contributed by atoms with van der Waals surface area (Å²) in [7, 11) is 0. The molecule has 158 valence electrons. The fourth-order valence-electron chi connectivity index (χ4n) is 3.46. The van der Waals surface area contributed by atoms with Crippen LogP contribution < -0.4 is 21.7 Å². The number of benzene rings is 2. The molecule has 1 fully saturated rings. The van der Waals surface area contributed by atoms with Crippen molar-refractivity contribution in [1.29, 1.82) is 0 Å². The van der Waals surface area contributed by atoms with Crippen molar-refractivity contribution in [3.8, 4) is 0 Å². The molecular weight excluding hydrogens is 404 g/mol. The Hall–Kier alpha value is -3.06. The van der Waals surface area contributed by atoms with Crippen molar-refractivity contribution in [2.24, 2.45) is 5.73 Å². The summed E-state index contributed by atoms with van der Waals surface area (Å²) >= 11 is 6.20. The Morgan fingerprint density at radius 2 is 1.77 bits per heavy atom. The molecule has 0 aromatic heterocycles. The maximum Gasteiger partial charge on any atom is 0.253 e. The van der Waals surface area contributed by atoms with Gasteiger partial charge in [-0.3, -0.25) is 14.4 Å². The summed E-state index contributed by atoms with van der Waals surface area (Å²) in [6.45, 7) is -0.0194. The van der Waals surface area contributed by atoms with E-state index in [-0.39, 0.29) is 24.4 Å². The molecule has 1 saturated carbocycles. The van der Waals surface area contributed by atoms with Gasteiger partial charge in [0.2, 0.25) is 11.8 Å². The minimum atomic E-state index is -0.539. The van der Waals surface area contributed by atoms with E-state index >= 15 is 0 Å². The van der Waals surface area contributed by atoms with Crippen molar-refractivity contribution in [2.75, 3.05) is 17.2 Å². The summed E-state index contributed by atoms with van der Waals surface area (Å²) in [5, 5.41) is 9.05. The molecule has 0 spiro atoms.